The fourth-order valence-corrected chi connectivity index (χ4v) is 3.11. The van der Waals surface area contributed by atoms with E-state index in [0.29, 0.717) is 28.7 Å². The first-order valence-electron chi connectivity index (χ1n) is 9.53. The van der Waals surface area contributed by atoms with Gasteiger partial charge in [0.1, 0.15) is 5.75 Å². The summed E-state index contributed by atoms with van der Waals surface area (Å²) in [4.78, 5) is 20.8. The molecule has 0 aliphatic heterocycles. The van der Waals surface area contributed by atoms with Crippen LogP contribution in [0.2, 0.25) is 0 Å². The second-order valence-corrected chi connectivity index (χ2v) is 6.79. The second-order valence-electron chi connectivity index (χ2n) is 6.79. The lowest BCUT2D eigenvalue weighted by molar-refractivity contribution is -0.137. The molecule has 0 spiro atoms. The molecule has 0 saturated heterocycles. The molecule has 1 amide bonds. The van der Waals surface area contributed by atoms with Gasteiger partial charge in [-0.05, 0) is 47.9 Å². The normalized spacial score (nSPS) is 11.2. The third-order valence-corrected chi connectivity index (χ3v) is 4.63. The number of ether oxygens (including phenoxy) is 1. The van der Waals surface area contributed by atoms with E-state index in [1.807, 2.05) is 6.07 Å². The smallest absolute Gasteiger partial charge is 0.416 e. The van der Waals surface area contributed by atoms with Crippen molar-refractivity contribution in [3.63, 3.8) is 0 Å². The molecule has 9 heteroatoms. The first kappa shape index (κ1) is 21.1. The summed E-state index contributed by atoms with van der Waals surface area (Å²) in [5.74, 6) is 0.671. The molecule has 4 aromatic rings. The lowest BCUT2D eigenvalue weighted by Gasteiger charge is -2.12. The van der Waals surface area contributed by atoms with E-state index < -0.39 is 17.6 Å². The van der Waals surface area contributed by atoms with E-state index >= 15 is 0 Å². The quantitative estimate of drug-likeness (QED) is 0.416. The number of halogens is 3. The molecule has 2 N–H and O–H groups in total. The molecule has 162 valence electrons. The first-order chi connectivity index (χ1) is 15.3. The molecule has 0 aliphatic rings. The molecule has 1 heterocycles. The Kier molecular flexibility index (Phi) is 5.63. The topological polar surface area (TPSA) is 76.1 Å². The second kappa shape index (κ2) is 8.54. The monoisotopic (exact) mass is 438 g/mol. The Morgan fingerprint density at radius 1 is 1.00 bits per heavy atom. The Balaban J connectivity index is 1.58. The number of fused-ring (bicyclic) bond motifs is 1. The Labute approximate surface area is 181 Å². The highest BCUT2D eigenvalue weighted by molar-refractivity contribution is 6.09. The van der Waals surface area contributed by atoms with Crippen molar-refractivity contribution in [3.05, 3.63) is 84.1 Å². The maximum atomic E-state index is 12.9. The molecule has 3 aromatic carbocycles. The summed E-state index contributed by atoms with van der Waals surface area (Å²) in [5, 5.41) is 6.99. The predicted molar refractivity (Wildman–Crippen MR) is 115 cm³/mol. The van der Waals surface area contributed by atoms with Gasteiger partial charge in [0.05, 0.1) is 5.56 Å². The average Bonchev–Trinajstić information content (AvgIpc) is 2.79. The van der Waals surface area contributed by atoms with Crippen molar-refractivity contribution in [2.75, 3.05) is 17.7 Å². The standard InChI is InChI=1S/C23H17F3N4O2/c1-27-22-28-11-10-20(30-22)32-17-8-9-18-14(13-17)4-3-7-19(18)29-21(31)15-5-2-6-16(12-15)23(24,25)26/h2-13H,1H3,(H,29,31)(H,27,28,30). The summed E-state index contributed by atoms with van der Waals surface area (Å²) >= 11 is 0. The summed E-state index contributed by atoms with van der Waals surface area (Å²) in [7, 11) is 1.70. The van der Waals surface area contributed by atoms with Crippen LogP contribution in [0.15, 0.2) is 72.9 Å². The number of amides is 1. The van der Waals surface area contributed by atoms with Gasteiger partial charge >= 0.3 is 6.18 Å². The number of hydrogen-bond acceptors (Lipinski definition) is 5. The van der Waals surface area contributed by atoms with E-state index in [1.54, 1.807) is 49.6 Å². The van der Waals surface area contributed by atoms with Crippen molar-refractivity contribution in [2.45, 2.75) is 6.18 Å². The SMILES string of the molecule is CNc1nccc(Oc2ccc3c(NC(=O)c4cccc(C(F)(F)F)c4)cccc3c2)n1. The largest absolute Gasteiger partial charge is 0.439 e. The maximum absolute atomic E-state index is 12.9. The van der Waals surface area contributed by atoms with Crippen LogP contribution < -0.4 is 15.4 Å². The molecule has 0 radical (unpaired) electrons. The van der Waals surface area contributed by atoms with Gasteiger partial charge in [-0.25, -0.2) is 4.98 Å². The van der Waals surface area contributed by atoms with Crippen LogP contribution in [0.4, 0.5) is 24.8 Å². The van der Waals surface area contributed by atoms with Crippen molar-refractivity contribution < 1.29 is 22.7 Å². The number of nitrogens with zero attached hydrogens (tertiary/aromatic N) is 2. The van der Waals surface area contributed by atoms with Gasteiger partial charge in [-0.1, -0.05) is 18.2 Å². The van der Waals surface area contributed by atoms with Crippen molar-refractivity contribution >= 4 is 28.3 Å². The van der Waals surface area contributed by atoms with Crippen LogP contribution in [0.25, 0.3) is 10.8 Å². The lowest BCUT2D eigenvalue weighted by Crippen LogP contribution is -2.14. The summed E-state index contributed by atoms with van der Waals surface area (Å²) in [6, 6.07) is 16.4. The van der Waals surface area contributed by atoms with Gasteiger partial charge in [-0.15, -0.1) is 0 Å². The third kappa shape index (κ3) is 4.61. The van der Waals surface area contributed by atoms with Crippen LogP contribution in [0.5, 0.6) is 11.6 Å². The molecule has 1 aromatic heterocycles. The van der Waals surface area contributed by atoms with Crippen LogP contribution in [-0.2, 0) is 6.18 Å². The minimum absolute atomic E-state index is 0.0825. The summed E-state index contributed by atoms with van der Waals surface area (Å²) < 4.78 is 44.6. The van der Waals surface area contributed by atoms with Crippen molar-refractivity contribution in [3.8, 4) is 11.6 Å². The minimum Gasteiger partial charge on any atom is -0.439 e. The summed E-state index contributed by atoms with van der Waals surface area (Å²) in [6.45, 7) is 0. The number of rotatable bonds is 5. The molecule has 6 nitrogen and oxygen atoms in total. The fraction of sp³-hybridized carbons (Fsp3) is 0.0870. The number of carbonyl (C=O) groups is 1. The number of anilines is 2. The Morgan fingerprint density at radius 2 is 1.81 bits per heavy atom. The minimum atomic E-state index is -4.52. The number of alkyl halides is 3. The summed E-state index contributed by atoms with van der Waals surface area (Å²) in [5.41, 5.74) is -0.493. The van der Waals surface area contributed by atoms with E-state index in [1.165, 1.54) is 12.1 Å². The molecule has 4 rings (SSSR count). The van der Waals surface area contributed by atoms with Crippen LogP contribution in [0.3, 0.4) is 0 Å². The Hall–Kier alpha value is -4.14. The van der Waals surface area contributed by atoms with Gasteiger partial charge < -0.3 is 15.4 Å². The van der Waals surface area contributed by atoms with Crippen molar-refractivity contribution in [1.29, 1.82) is 0 Å². The Morgan fingerprint density at radius 3 is 2.59 bits per heavy atom. The maximum Gasteiger partial charge on any atom is 0.416 e. The van der Waals surface area contributed by atoms with Gasteiger partial charge in [0.25, 0.3) is 5.91 Å². The molecule has 0 unspecified atom stereocenters. The molecule has 0 fully saturated rings. The van der Waals surface area contributed by atoms with E-state index in [4.69, 9.17) is 4.74 Å². The lowest BCUT2D eigenvalue weighted by atomic mass is 10.1. The zero-order chi connectivity index (χ0) is 22.7. The number of hydrogen-bond donors (Lipinski definition) is 2. The molecule has 0 saturated carbocycles. The third-order valence-electron chi connectivity index (χ3n) is 4.63. The van der Waals surface area contributed by atoms with Crippen LogP contribution in [0.1, 0.15) is 15.9 Å². The predicted octanol–water partition coefficient (Wildman–Crippen LogP) is 5.73. The molecule has 32 heavy (non-hydrogen) atoms. The van der Waals surface area contributed by atoms with E-state index in [0.717, 1.165) is 17.5 Å². The number of nitrogens with one attached hydrogen (secondary N) is 2. The van der Waals surface area contributed by atoms with Crippen LogP contribution in [-0.4, -0.2) is 22.9 Å². The molecule has 0 bridgehead atoms. The highest BCUT2D eigenvalue weighted by Gasteiger charge is 2.30. The van der Waals surface area contributed by atoms with Crippen molar-refractivity contribution in [1.82, 2.24) is 9.97 Å². The van der Waals surface area contributed by atoms with E-state index in [-0.39, 0.29) is 5.56 Å². The highest BCUT2D eigenvalue weighted by atomic mass is 19.4. The first-order valence-corrected chi connectivity index (χ1v) is 9.53. The average molecular weight is 438 g/mol. The highest BCUT2D eigenvalue weighted by Crippen LogP contribution is 2.31. The molecule has 0 atom stereocenters. The van der Waals surface area contributed by atoms with Gasteiger partial charge in [-0.2, -0.15) is 18.2 Å². The zero-order valence-electron chi connectivity index (χ0n) is 16.8. The Bertz CT molecular complexity index is 1290. The zero-order valence-corrected chi connectivity index (χ0v) is 16.8. The van der Waals surface area contributed by atoms with E-state index in [9.17, 15) is 18.0 Å². The van der Waals surface area contributed by atoms with Crippen LogP contribution >= 0.6 is 0 Å². The molecular formula is C23H17F3N4O2. The number of benzene rings is 3. The van der Waals surface area contributed by atoms with Crippen LogP contribution in [0, 0.1) is 0 Å². The number of carbonyl (C=O) groups excluding carboxylic acids is 1. The van der Waals surface area contributed by atoms with Gasteiger partial charge in [0.2, 0.25) is 11.8 Å². The van der Waals surface area contributed by atoms with Gasteiger partial charge in [-0.3, -0.25) is 4.79 Å². The van der Waals surface area contributed by atoms with Crippen molar-refractivity contribution in [2.24, 2.45) is 0 Å². The van der Waals surface area contributed by atoms with E-state index in [2.05, 4.69) is 20.6 Å². The van der Waals surface area contributed by atoms with Gasteiger partial charge in [0, 0.05) is 35.9 Å². The number of aromatic nitrogens is 2. The van der Waals surface area contributed by atoms with Gasteiger partial charge in [0.15, 0.2) is 0 Å². The summed E-state index contributed by atoms with van der Waals surface area (Å²) in [6.07, 6.45) is -2.96. The fourth-order valence-electron chi connectivity index (χ4n) is 3.11. The molecule has 0 aliphatic carbocycles. The molecular weight excluding hydrogens is 421 g/mol.